The summed E-state index contributed by atoms with van der Waals surface area (Å²) in [4.78, 5) is 10.3. The zero-order valence-electron chi connectivity index (χ0n) is 23.7. The summed E-state index contributed by atoms with van der Waals surface area (Å²) >= 11 is 0. The van der Waals surface area contributed by atoms with Gasteiger partial charge in [-0.25, -0.2) is 9.97 Å². The number of aromatic nitrogens is 3. The van der Waals surface area contributed by atoms with Gasteiger partial charge in [-0.3, -0.25) is 4.57 Å². The molecular formula is C40H25N3O. The van der Waals surface area contributed by atoms with Crippen LogP contribution in [-0.2, 0) is 0 Å². The van der Waals surface area contributed by atoms with Crippen molar-refractivity contribution in [2.24, 2.45) is 0 Å². The van der Waals surface area contributed by atoms with Gasteiger partial charge in [0, 0.05) is 39.1 Å². The molecule has 0 spiro atoms. The van der Waals surface area contributed by atoms with Gasteiger partial charge in [-0.1, -0.05) is 127 Å². The molecule has 2 aromatic heterocycles. The Morgan fingerprint density at radius 1 is 0.477 bits per heavy atom. The summed E-state index contributed by atoms with van der Waals surface area (Å²) in [5.41, 5.74) is 9.32. The molecule has 0 bridgehead atoms. The Bertz CT molecular complexity index is 2300. The lowest BCUT2D eigenvalue weighted by molar-refractivity contribution is 0.491. The highest BCUT2D eigenvalue weighted by molar-refractivity contribution is 6.13. The van der Waals surface area contributed by atoms with Gasteiger partial charge in [0.2, 0.25) is 0 Å². The van der Waals surface area contributed by atoms with Crippen molar-refractivity contribution in [1.29, 1.82) is 0 Å². The third kappa shape index (κ3) is 3.78. The summed E-state index contributed by atoms with van der Waals surface area (Å²) < 4.78 is 9.21. The molecule has 0 radical (unpaired) electrons. The van der Waals surface area contributed by atoms with Gasteiger partial charge in [0.05, 0.1) is 16.7 Å². The molecule has 0 atom stereocenters. The molecule has 0 saturated carbocycles. The second-order valence-corrected chi connectivity index (χ2v) is 11.0. The van der Waals surface area contributed by atoms with Crippen LogP contribution in [0.25, 0.3) is 72.5 Å². The zero-order valence-corrected chi connectivity index (χ0v) is 23.7. The average Bonchev–Trinajstić information content (AvgIpc) is 3.36. The molecule has 4 nitrogen and oxygen atoms in total. The Morgan fingerprint density at radius 2 is 1.11 bits per heavy atom. The smallest absolute Gasteiger partial charge is 0.162 e. The SMILES string of the molecule is c1ccc(-c2cc(-n3c4ccccc4c4ccc5c(c43)Oc3ccccc3-c3ccccc3-5)nc(-c3ccccc3)n2)cc1. The molecule has 3 heterocycles. The fourth-order valence-electron chi connectivity index (χ4n) is 6.44. The lowest BCUT2D eigenvalue weighted by atomic mass is 9.94. The van der Waals surface area contributed by atoms with Crippen molar-refractivity contribution in [2.45, 2.75) is 0 Å². The van der Waals surface area contributed by atoms with Crippen molar-refractivity contribution in [3.63, 3.8) is 0 Å². The van der Waals surface area contributed by atoms with E-state index >= 15 is 0 Å². The Balaban J connectivity index is 1.41. The molecular weight excluding hydrogens is 538 g/mol. The molecule has 1 aliphatic heterocycles. The number of hydrogen-bond acceptors (Lipinski definition) is 3. The summed E-state index contributed by atoms with van der Waals surface area (Å²) in [6.07, 6.45) is 0. The minimum atomic E-state index is 0.673. The van der Waals surface area contributed by atoms with Gasteiger partial charge in [0.15, 0.2) is 11.6 Å². The molecule has 9 rings (SSSR count). The van der Waals surface area contributed by atoms with Crippen LogP contribution in [0.4, 0.5) is 0 Å². The number of nitrogens with zero attached hydrogens (tertiary/aromatic N) is 3. The quantitative estimate of drug-likeness (QED) is 0.215. The Hall–Kier alpha value is -6.00. The molecule has 0 saturated heterocycles. The molecule has 4 heteroatoms. The minimum Gasteiger partial charge on any atom is -0.454 e. The van der Waals surface area contributed by atoms with Crippen LogP contribution >= 0.6 is 0 Å². The van der Waals surface area contributed by atoms with Crippen LogP contribution in [-0.4, -0.2) is 14.5 Å². The maximum absolute atomic E-state index is 6.96. The van der Waals surface area contributed by atoms with Crippen LogP contribution in [0.3, 0.4) is 0 Å². The van der Waals surface area contributed by atoms with Crippen LogP contribution < -0.4 is 4.74 Å². The third-order valence-corrected chi connectivity index (χ3v) is 8.44. The van der Waals surface area contributed by atoms with Crippen molar-refractivity contribution in [1.82, 2.24) is 14.5 Å². The van der Waals surface area contributed by atoms with Crippen LogP contribution in [0.15, 0.2) is 152 Å². The first-order valence-corrected chi connectivity index (χ1v) is 14.8. The average molecular weight is 564 g/mol. The first-order valence-electron chi connectivity index (χ1n) is 14.8. The maximum Gasteiger partial charge on any atom is 0.162 e. The largest absolute Gasteiger partial charge is 0.454 e. The second-order valence-electron chi connectivity index (χ2n) is 11.0. The highest BCUT2D eigenvalue weighted by Crippen LogP contribution is 2.51. The monoisotopic (exact) mass is 563 g/mol. The lowest BCUT2D eigenvalue weighted by Gasteiger charge is -2.15. The summed E-state index contributed by atoms with van der Waals surface area (Å²) in [5, 5.41) is 2.25. The van der Waals surface area contributed by atoms with E-state index in [-0.39, 0.29) is 0 Å². The first kappa shape index (κ1) is 24.6. The Kier molecular flexibility index (Phi) is 5.47. The van der Waals surface area contributed by atoms with E-state index < -0.39 is 0 Å². The van der Waals surface area contributed by atoms with Gasteiger partial charge in [-0.15, -0.1) is 0 Å². The molecule has 1 aliphatic rings. The van der Waals surface area contributed by atoms with E-state index in [1.54, 1.807) is 0 Å². The number of rotatable bonds is 3. The van der Waals surface area contributed by atoms with Crippen LogP contribution in [0.5, 0.6) is 11.5 Å². The maximum atomic E-state index is 6.96. The molecule has 0 amide bonds. The van der Waals surface area contributed by atoms with E-state index in [9.17, 15) is 0 Å². The van der Waals surface area contributed by atoms with E-state index in [2.05, 4.69) is 114 Å². The molecule has 0 N–H and O–H groups in total. The number of ether oxygens (including phenoxy) is 1. The standard InChI is InChI=1S/C40H25N3O/c1-3-13-26(14-4-1)34-25-37(42-40(41-34)27-15-5-2-6-16-27)43-35-21-11-9-19-30(35)32-23-24-33-29-18-8-7-17-28(29)31-20-10-12-22-36(31)44-39(33)38(32)43/h1-25H. The van der Waals surface area contributed by atoms with E-state index in [1.807, 2.05) is 42.5 Å². The Morgan fingerprint density at radius 3 is 1.91 bits per heavy atom. The van der Waals surface area contributed by atoms with E-state index in [0.717, 1.165) is 78.2 Å². The van der Waals surface area contributed by atoms with E-state index in [0.29, 0.717) is 5.82 Å². The molecule has 0 fully saturated rings. The van der Waals surface area contributed by atoms with Gasteiger partial charge in [0.1, 0.15) is 11.6 Å². The molecule has 0 unspecified atom stereocenters. The lowest BCUT2D eigenvalue weighted by Crippen LogP contribution is -2.03. The third-order valence-electron chi connectivity index (χ3n) is 8.44. The molecule has 206 valence electrons. The van der Waals surface area contributed by atoms with E-state index in [1.165, 1.54) is 0 Å². The van der Waals surface area contributed by atoms with Crippen molar-refractivity contribution in [3.05, 3.63) is 152 Å². The highest BCUT2D eigenvalue weighted by Gasteiger charge is 2.26. The predicted octanol–water partition coefficient (Wildman–Crippen LogP) is 10.3. The topological polar surface area (TPSA) is 39.9 Å². The number of hydrogen-bond donors (Lipinski definition) is 0. The van der Waals surface area contributed by atoms with Crippen LogP contribution in [0.2, 0.25) is 0 Å². The fourth-order valence-corrected chi connectivity index (χ4v) is 6.44. The van der Waals surface area contributed by atoms with Gasteiger partial charge in [-0.2, -0.15) is 0 Å². The Labute approximate surface area is 254 Å². The number of benzene rings is 6. The summed E-state index contributed by atoms with van der Waals surface area (Å²) in [5.74, 6) is 3.11. The van der Waals surface area contributed by atoms with Crippen molar-refractivity contribution in [2.75, 3.05) is 0 Å². The molecule has 6 aromatic carbocycles. The second kappa shape index (κ2) is 9.79. The van der Waals surface area contributed by atoms with Gasteiger partial charge >= 0.3 is 0 Å². The predicted molar refractivity (Wildman–Crippen MR) is 178 cm³/mol. The van der Waals surface area contributed by atoms with Crippen molar-refractivity contribution >= 4 is 21.8 Å². The summed E-state index contributed by atoms with van der Waals surface area (Å²) in [6.45, 7) is 0. The van der Waals surface area contributed by atoms with E-state index in [4.69, 9.17) is 14.7 Å². The number of fused-ring (bicyclic) bond motifs is 9. The first-order chi connectivity index (χ1) is 21.8. The number of para-hydroxylation sites is 2. The minimum absolute atomic E-state index is 0.673. The normalized spacial score (nSPS) is 11.8. The van der Waals surface area contributed by atoms with Crippen LogP contribution in [0.1, 0.15) is 0 Å². The highest BCUT2D eigenvalue weighted by atomic mass is 16.5. The van der Waals surface area contributed by atoms with Gasteiger partial charge < -0.3 is 4.74 Å². The van der Waals surface area contributed by atoms with Gasteiger partial charge in [0.25, 0.3) is 0 Å². The molecule has 0 aliphatic carbocycles. The van der Waals surface area contributed by atoms with Crippen molar-refractivity contribution < 1.29 is 4.74 Å². The van der Waals surface area contributed by atoms with Crippen molar-refractivity contribution in [3.8, 4) is 62.2 Å². The fraction of sp³-hybridized carbons (Fsp3) is 0. The molecule has 44 heavy (non-hydrogen) atoms. The van der Waals surface area contributed by atoms with Crippen LogP contribution in [0, 0.1) is 0 Å². The molecule has 8 aromatic rings. The zero-order chi connectivity index (χ0) is 29.0. The summed E-state index contributed by atoms with van der Waals surface area (Å²) in [6, 6.07) is 52.3. The van der Waals surface area contributed by atoms with Gasteiger partial charge in [-0.05, 0) is 29.3 Å². The summed E-state index contributed by atoms with van der Waals surface area (Å²) in [7, 11) is 0.